The highest BCUT2D eigenvalue weighted by molar-refractivity contribution is 14.0. The second kappa shape index (κ2) is 8.73. The van der Waals surface area contributed by atoms with Crippen LogP contribution in [0.25, 0.3) is 0 Å². The molecule has 0 atom stereocenters. The summed E-state index contributed by atoms with van der Waals surface area (Å²) in [5.41, 5.74) is 11.5. The molecule has 0 unspecified atom stereocenters. The molecule has 0 saturated carbocycles. The van der Waals surface area contributed by atoms with Gasteiger partial charge in [0.1, 0.15) is 0 Å². The van der Waals surface area contributed by atoms with Gasteiger partial charge in [0, 0.05) is 24.1 Å². The first kappa shape index (κ1) is 18.4. The molecule has 5 heteroatoms. The maximum atomic E-state index is 5.92. The number of aliphatic imine (C=N–C) groups is 1. The van der Waals surface area contributed by atoms with Gasteiger partial charge in [-0.25, -0.2) is 0 Å². The number of benzene rings is 1. The maximum Gasteiger partial charge on any atom is 0.193 e. The second-order valence-electron chi connectivity index (χ2n) is 5.33. The van der Waals surface area contributed by atoms with Gasteiger partial charge in [0.15, 0.2) is 5.96 Å². The number of nitrogens with one attached hydrogen (secondary N) is 1. The molecule has 2 rings (SSSR count). The Bertz CT molecular complexity index is 615. The molecule has 0 aliphatic heterocycles. The van der Waals surface area contributed by atoms with Crippen molar-refractivity contribution in [3.63, 3.8) is 0 Å². The molecule has 0 fully saturated rings. The molecular weight excluding hydrogens is 387 g/mol. The van der Waals surface area contributed by atoms with E-state index in [9.17, 15) is 0 Å². The zero-order chi connectivity index (χ0) is 15.2. The molecule has 0 bridgehead atoms. The number of guanidine groups is 1. The summed E-state index contributed by atoms with van der Waals surface area (Å²) in [4.78, 5) is 8.62. The average molecular weight is 410 g/mol. The van der Waals surface area contributed by atoms with Crippen molar-refractivity contribution in [2.45, 2.75) is 27.2 Å². The Labute approximate surface area is 149 Å². The fraction of sp³-hybridized carbons (Fsp3) is 0.294. The standard InChI is InChI=1S/C17H22N4.HI/c1-12-8-13(2)10-16(9-12)21-17(18)19-7-6-15-5-4-14(3)20-11-15;/h4-5,8-11H,6-7H2,1-3H3,(H3,18,19,21);1H. The summed E-state index contributed by atoms with van der Waals surface area (Å²) >= 11 is 0. The molecule has 118 valence electrons. The predicted octanol–water partition coefficient (Wildman–Crippen LogP) is 3.59. The molecule has 1 heterocycles. The number of pyridine rings is 1. The first-order valence-corrected chi connectivity index (χ1v) is 7.10. The lowest BCUT2D eigenvalue weighted by Crippen LogP contribution is -2.23. The van der Waals surface area contributed by atoms with Crippen molar-refractivity contribution in [2.75, 3.05) is 11.9 Å². The summed E-state index contributed by atoms with van der Waals surface area (Å²) in [6, 6.07) is 10.3. The topological polar surface area (TPSA) is 63.3 Å². The Kier molecular flexibility index (Phi) is 7.31. The van der Waals surface area contributed by atoms with Gasteiger partial charge >= 0.3 is 0 Å². The van der Waals surface area contributed by atoms with Crippen molar-refractivity contribution in [2.24, 2.45) is 10.7 Å². The number of hydrogen-bond donors (Lipinski definition) is 2. The minimum absolute atomic E-state index is 0. The van der Waals surface area contributed by atoms with Crippen LogP contribution in [0.15, 0.2) is 41.5 Å². The molecule has 1 aromatic carbocycles. The van der Waals surface area contributed by atoms with Crippen molar-refractivity contribution < 1.29 is 0 Å². The van der Waals surface area contributed by atoms with Crippen LogP contribution in [0.4, 0.5) is 5.69 Å². The number of anilines is 1. The Hall–Kier alpha value is -1.63. The molecule has 3 N–H and O–H groups in total. The molecule has 0 aliphatic carbocycles. The van der Waals surface area contributed by atoms with E-state index in [-0.39, 0.29) is 24.0 Å². The highest BCUT2D eigenvalue weighted by Crippen LogP contribution is 2.13. The summed E-state index contributed by atoms with van der Waals surface area (Å²) < 4.78 is 0. The predicted molar refractivity (Wildman–Crippen MR) is 104 cm³/mol. The summed E-state index contributed by atoms with van der Waals surface area (Å²) in [5.74, 6) is 0.445. The Morgan fingerprint density at radius 1 is 1.14 bits per heavy atom. The van der Waals surface area contributed by atoms with Crippen LogP contribution >= 0.6 is 24.0 Å². The lowest BCUT2D eigenvalue weighted by atomic mass is 10.1. The maximum absolute atomic E-state index is 5.92. The molecule has 0 radical (unpaired) electrons. The molecule has 4 nitrogen and oxygen atoms in total. The van der Waals surface area contributed by atoms with Gasteiger partial charge in [0.25, 0.3) is 0 Å². The average Bonchev–Trinajstić information content (AvgIpc) is 2.39. The van der Waals surface area contributed by atoms with Gasteiger partial charge in [-0.3, -0.25) is 9.98 Å². The van der Waals surface area contributed by atoms with Gasteiger partial charge < -0.3 is 11.1 Å². The molecule has 0 spiro atoms. The lowest BCUT2D eigenvalue weighted by molar-refractivity contribution is 0.950. The smallest absolute Gasteiger partial charge is 0.193 e. The minimum atomic E-state index is 0. The first-order valence-electron chi connectivity index (χ1n) is 7.10. The number of nitrogens with two attached hydrogens (primary N) is 1. The van der Waals surface area contributed by atoms with Crippen molar-refractivity contribution in [1.29, 1.82) is 0 Å². The number of aromatic nitrogens is 1. The van der Waals surface area contributed by atoms with Crippen LogP contribution in [0, 0.1) is 20.8 Å². The number of aryl methyl sites for hydroxylation is 3. The monoisotopic (exact) mass is 410 g/mol. The molecule has 0 saturated heterocycles. The van der Waals surface area contributed by atoms with Crippen LogP contribution in [-0.2, 0) is 6.42 Å². The van der Waals surface area contributed by atoms with Gasteiger partial charge in [-0.2, -0.15) is 0 Å². The van der Waals surface area contributed by atoms with Crippen molar-refractivity contribution >= 4 is 35.6 Å². The van der Waals surface area contributed by atoms with Crippen LogP contribution < -0.4 is 11.1 Å². The van der Waals surface area contributed by atoms with Gasteiger partial charge in [-0.05, 0) is 62.1 Å². The van der Waals surface area contributed by atoms with Crippen LogP contribution in [0.3, 0.4) is 0 Å². The number of hydrogen-bond acceptors (Lipinski definition) is 2. The van der Waals surface area contributed by atoms with E-state index in [1.165, 1.54) is 16.7 Å². The largest absolute Gasteiger partial charge is 0.370 e. The SMILES string of the molecule is Cc1cc(C)cc(NC(N)=NCCc2ccc(C)nc2)c1.I. The van der Waals surface area contributed by atoms with Crippen molar-refractivity contribution in [1.82, 2.24) is 4.98 Å². The second-order valence-corrected chi connectivity index (χ2v) is 5.33. The molecule has 1 aromatic heterocycles. The third-order valence-corrected chi connectivity index (χ3v) is 3.15. The highest BCUT2D eigenvalue weighted by atomic mass is 127. The molecule has 2 aromatic rings. The van der Waals surface area contributed by atoms with E-state index < -0.39 is 0 Å². The van der Waals surface area contributed by atoms with Crippen LogP contribution in [0.2, 0.25) is 0 Å². The third kappa shape index (κ3) is 6.01. The Morgan fingerprint density at radius 3 is 2.41 bits per heavy atom. The van der Waals surface area contributed by atoms with E-state index in [1.54, 1.807) is 0 Å². The van der Waals surface area contributed by atoms with Gasteiger partial charge in [0.2, 0.25) is 0 Å². The summed E-state index contributed by atoms with van der Waals surface area (Å²) in [7, 11) is 0. The van der Waals surface area contributed by atoms with E-state index in [1.807, 2.05) is 19.2 Å². The normalized spacial score (nSPS) is 11.0. The lowest BCUT2D eigenvalue weighted by Gasteiger charge is -2.08. The fourth-order valence-corrected chi connectivity index (χ4v) is 2.19. The van der Waals surface area contributed by atoms with Crippen molar-refractivity contribution in [3.05, 3.63) is 58.9 Å². The van der Waals surface area contributed by atoms with Crippen LogP contribution in [0.5, 0.6) is 0 Å². The van der Waals surface area contributed by atoms with Crippen molar-refractivity contribution in [3.8, 4) is 0 Å². The first-order chi connectivity index (χ1) is 10.0. The van der Waals surface area contributed by atoms with E-state index in [2.05, 4.69) is 53.4 Å². The van der Waals surface area contributed by atoms with Gasteiger partial charge in [0.05, 0.1) is 0 Å². The van der Waals surface area contributed by atoms with Gasteiger partial charge in [-0.15, -0.1) is 24.0 Å². The van der Waals surface area contributed by atoms with E-state index in [0.717, 1.165) is 17.8 Å². The molecule has 0 aliphatic rings. The highest BCUT2D eigenvalue weighted by Gasteiger charge is 1.98. The minimum Gasteiger partial charge on any atom is -0.370 e. The number of halogens is 1. The zero-order valence-corrected chi connectivity index (χ0v) is 15.6. The van der Waals surface area contributed by atoms with E-state index >= 15 is 0 Å². The van der Waals surface area contributed by atoms with E-state index in [0.29, 0.717) is 12.5 Å². The molecule has 0 amide bonds. The van der Waals surface area contributed by atoms with E-state index in [4.69, 9.17) is 5.73 Å². The Morgan fingerprint density at radius 2 is 1.82 bits per heavy atom. The zero-order valence-electron chi connectivity index (χ0n) is 13.3. The molecule has 22 heavy (non-hydrogen) atoms. The summed E-state index contributed by atoms with van der Waals surface area (Å²) in [6.07, 6.45) is 2.72. The summed E-state index contributed by atoms with van der Waals surface area (Å²) in [6.45, 7) is 6.76. The number of rotatable bonds is 4. The third-order valence-electron chi connectivity index (χ3n) is 3.15. The summed E-state index contributed by atoms with van der Waals surface area (Å²) in [5, 5.41) is 3.13. The molecular formula is C17H23IN4. The van der Waals surface area contributed by atoms with Gasteiger partial charge in [-0.1, -0.05) is 12.1 Å². The number of nitrogens with zero attached hydrogens (tertiary/aromatic N) is 2. The quantitative estimate of drug-likeness (QED) is 0.460. The van der Waals surface area contributed by atoms with Crippen LogP contribution in [0.1, 0.15) is 22.4 Å². The fourth-order valence-electron chi connectivity index (χ4n) is 2.19. The van der Waals surface area contributed by atoms with Crippen LogP contribution in [-0.4, -0.2) is 17.5 Å². The Balaban J connectivity index is 0.00000242.